The Morgan fingerprint density at radius 3 is 2.48 bits per heavy atom. The van der Waals surface area contributed by atoms with E-state index >= 15 is 0 Å². The molecule has 0 saturated carbocycles. The lowest BCUT2D eigenvalue weighted by Gasteiger charge is -2.38. The molecule has 1 aromatic heterocycles. The smallest absolute Gasteiger partial charge is 0.255 e. The van der Waals surface area contributed by atoms with Gasteiger partial charge in [0.05, 0.1) is 6.26 Å². The van der Waals surface area contributed by atoms with Crippen LogP contribution in [-0.4, -0.2) is 59.9 Å². The third kappa shape index (κ3) is 3.50. The van der Waals surface area contributed by atoms with E-state index in [-0.39, 0.29) is 37.0 Å². The fourth-order valence-electron chi connectivity index (χ4n) is 2.90. The first-order valence-electron chi connectivity index (χ1n) is 7.58. The highest BCUT2D eigenvalue weighted by molar-refractivity contribution is 5.98. The Bertz CT molecular complexity index is 598. The van der Waals surface area contributed by atoms with Crippen LogP contribution < -0.4 is 0 Å². The topological polar surface area (TPSA) is 80.1 Å². The molecule has 0 unspecified atom stereocenters. The molecule has 0 aromatic carbocycles. The quantitative estimate of drug-likeness (QED) is 0.604. The van der Waals surface area contributed by atoms with E-state index in [4.69, 9.17) is 9.15 Å². The van der Waals surface area contributed by atoms with E-state index in [2.05, 4.69) is 0 Å². The SMILES string of the molecule is O=C(C=Cc1ccco1)N1CCC(N2C(=O)COCC2=O)CC1. The molecule has 0 N–H and O–H groups in total. The second-order valence-electron chi connectivity index (χ2n) is 5.56. The van der Waals surface area contributed by atoms with Gasteiger partial charge in [-0.1, -0.05) is 0 Å². The van der Waals surface area contributed by atoms with Gasteiger partial charge in [0.15, 0.2) is 0 Å². The highest BCUT2D eigenvalue weighted by Gasteiger charge is 2.35. The van der Waals surface area contributed by atoms with E-state index in [9.17, 15) is 14.4 Å². The number of carbonyl (C=O) groups is 3. The molecule has 2 aliphatic rings. The predicted molar refractivity (Wildman–Crippen MR) is 80.0 cm³/mol. The lowest BCUT2D eigenvalue weighted by Crippen LogP contribution is -2.55. The van der Waals surface area contributed by atoms with Gasteiger partial charge in [-0.3, -0.25) is 19.3 Å². The first-order chi connectivity index (χ1) is 11.1. The van der Waals surface area contributed by atoms with Crippen molar-refractivity contribution in [3.8, 4) is 0 Å². The van der Waals surface area contributed by atoms with Crippen LogP contribution in [-0.2, 0) is 19.1 Å². The van der Waals surface area contributed by atoms with Crippen LogP contribution in [0.3, 0.4) is 0 Å². The molecule has 0 radical (unpaired) electrons. The largest absolute Gasteiger partial charge is 0.465 e. The number of ether oxygens (including phenoxy) is 1. The third-order valence-electron chi connectivity index (χ3n) is 4.06. The van der Waals surface area contributed by atoms with Crippen LogP contribution in [0.2, 0.25) is 0 Å². The van der Waals surface area contributed by atoms with Gasteiger partial charge in [0, 0.05) is 25.2 Å². The molecule has 23 heavy (non-hydrogen) atoms. The number of piperidine rings is 1. The molecule has 3 amide bonds. The summed E-state index contributed by atoms with van der Waals surface area (Å²) in [4.78, 5) is 38.8. The van der Waals surface area contributed by atoms with Crippen LogP contribution in [0.15, 0.2) is 28.9 Å². The molecular weight excluding hydrogens is 300 g/mol. The van der Waals surface area contributed by atoms with E-state index < -0.39 is 0 Å². The number of amides is 3. The molecule has 2 saturated heterocycles. The van der Waals surface area contributed by atoms with Crippen LogP contribution in [0.1, 0.15) is 18.6 Å². The highest BCUT2D eigenvalue weighted by atomic mass is 16.5. The monoisotopic (exact) mass is 318 g/mol. The van der Waals surface area contributed by atoms with Crippen LogP contribution >= 0.6 is 0 Å². The lowest BCUT2D eigenvalue weighted by atomic mass is 10.0. The maximum atomic E-state index is 12.1. The van der Waals surface area contributed by atoms with Gasteiger partial charge in [-0.05, 0) is 31.1 Å². The molecule has 3 rings (SSSR count). The number of morpholine rings is 1. The highest BCUT2D eigenvalue weighted by Crippen LogP contribution is 2.19. The van der Waals surface area contributed by atoms with Crippen molar-refractivity contribution in [2.45, 2.75) is 18.9 Å². The van der Waals surface area contributed by atoms with Crippen LogP contribution in [0.4, 0.5) is 0 Å². The molecule has 7 nitrogen and oxygen atoms in total. The second kappa shape index (κ2) is 6.78. The molecule has 3 heterocycles. The van der Waals surface area contributed by atoms with E-state index in [1.807, 2.05) is 0 Å². The maximum Gasteiger partial charge on any atom is 0.255 e. The lowest BCUT2D eigenvalue weighted by molar-refractivity contribution is -0.162. The van der Waals surface area contributed by atoms with Crippen molar-refractivity contribution in [2.75, 3.05) is 26.3 Å². The fourth-order valence-corrected chi connectivity index (χ4v) is 2.90. The number of likely N-dealkylation sites (tertiary alicyclic amines) is 1. The van der Waals surface area contributed by atoms with Crippen molar-refractivity contribution in [3.63, 3.8) is 0 Å². The summed E-state index contributed by atoms with van der Waals surface area (Å²) in [5.41, 5.74) is 0. The summed E-state index contributed by atoms with van der Waals surface area (Å²) < 4.78 is 10.1. The minimum absolute atomic E-state index is 0.0449. The molecule has 0 spiro atoms. The zero-order valence-corrected chi connectivity index (χ0v) is 12.6. The van der Waals surface area contributed by atoms with Crippen LogP contribution in [0.25, 0.3) is 6.08 Å². The predicted octanol–water partition coefficient (Wildman–Crippen LogP) is 0.669. The molecular formula is C16H18N2O5. The Labute approximate surface area is 133 Å². The molecule has 122 valence electrons. The van der Waals surface area contributed by atoms with Gasteiger partial charge in [0.1, 0.15) is 19.0 Å². The Morgan fingerprint density at radius 1 is 1.17 bits per heavy atom. The van der Waals surface area contributed by atoms with Gasteiger partial charge < -0.3 is 14.1 Å². The maximum absolute atomic E-state index is 12.1. The van der Waals surface area contributed by atoms with E-state index in [0.717, 1.165) is 0 Å². The van der Waals surface area contributed by atoms with Crippen molar-refractivity contribution in [1.29, 1.82) is 0 Å². The zero-order chi connectivity index (χ0) is 16.2. The third-order valence-corrected chi connectivity index (χ3v) is 4.06. The number of furan rings is 1. The van der Waals surface area contributed by atoms with E-state index in [0.29, 0.717) is 31.7 Å². The summed E-state index contributed by atoms with van der Waals surface area (Å²) in [5, 5.41) is 0. The Morgan fingerprint density at radius 2 is 1.87 bits per heavy atom. The van der Waals surface area contributed by atoms with Gasteiger partial charge in [-0.2, -0.15) is 0 Å². The fraction of sp³-hybridized carbons (Fsp3) is 0.438. The summed E-state index contributed by atoms with van der Waals surface area (Å²) in [6.45, 7) is 0.946. The number of nitrogens with zero attached hydrogens (tertiary/aromatic N) is 2. The van der Waals surface area contributed by atoms with Crippen LogP contribution in [0.5, 0.6) is 0 Å². The first kappa shape index (κ1) is 15.5. The van der Waals surface area contributed by atoms with Crippen molar-refractivity contribution in [2.24, 2.45) is 0 Å². The second-order valence-corrected chi connectivity index (χ2v) is 5.56. The number of imide groups is 1. The number of hydrogen-bond donors (Lipinski definition) is 0. The summed E-state index contributed by atoms with van der Waals surface area (Å²) in [6.07, 6.45) is 5.84. The molecule has 0 bridgehead atoms. The number of rotatable bonds is 3. The Hall–Kier alpha value is -2.41. The summed E-state index contributed by atoms with van der Waals surface area (Å²) in [7, 11) is 0. The van der Waals surface area contributed by atoms with Crippen molar-refractivity contribution in [1.82, 2.24) is 9.80 Å². The molecule has 0 atom stereocenters. The van der Waals surface area contributed by atoms with Crippen molar-refractivity contribution < 1.29 is 23.5 Å². The summed E-state index contributed by atoms with van der Waals surface area (Å²) in [6, 6.07) is 3.38. The molecule has 2 fully saturated rings. The molecule has 7 heteroatoms. The van der Waals surface area contributed by atoms with Gasteiger partial charge in [-0.15, -0.1) is 0 Å². The van der Waals surface area contributed by atoms with E-state index in [1.54, 1.807) is 29.4 Å². The summed E-state index contributed by atoms with van der Waals surface area (Å²) >= 11 is 0. The standard InChI is InChI=1S/C16H18N2O5/c19-14(4-3-13-2-1-9-23-13)17-7-5-12(6-8-17)18-15(20)10-22-11-16(18)21/h1-4,9,12H,5-8,10-11H2. The molecule has 2 aliphatic heterocycles. The first-order valence-corrected chi connectivity index (χ1v) is 7.58. The molecule has 0 aliphatic carbocycles. The van der Waals surface area contributed by atoms with Gasteiger partial charge in [0.2, 0.25) is 5.91 Å². The average molecular weight is 318 g/mol. The zero-order valence-electron chi connectivity index (χ0n) is 12.6. The van der Waals surface area contributed by atoms with Crippen molar-refractivity contribution >= 4 is 23.8 Å². The number of carbonyl (C=O) groups excluding carboxylic acids is 3. The van der Waals surface area contributed by atoms with Gasteiger partial charge in [0.25, 0.3) is 11.8 Å². The van der Waals surface area contributed by atoms with E-state index in [1.165, 1.54) is 11.0 Å². The average Bonchev–Trinajstić information content (AvgIpc) is 3.06. The number of hydrogen-bond acceptors (Lipinski definition) is 5. The van der Waals surface area contributed by atoms with Gasteiger partial charge >= 0.3 is 0 Å². The Balaban J connectivity index is 1.54. The minimum Gasteiger partial charge on any atom is -0.465 e. The molecule has 1 aromatic rings. The minimum atomic E-state index is -0.288. The van der Waals surface area contributed by atoms with Crippen LogP contribution in [0, 0.1) is 0 Å². The van der Waals surface area contributed by atoms with Crippen molar-refractivity contribution in [3.05, 3.63) is 30.2 Å². The normalized spacial score (nSPS) is 20.5. The summed E-state index contributed by atoms with van der Waals surface area (Å²) in [5.74, 6) is -0.0512. The van der Waals surface area contributed by atoms with Gasteiger partial charge in [-0.25, -0.2) is 0 Å². The Kier molecular flexibility index (Phi) is 4.57.